The van der Waals surface area contributed by atoms with Gasteiger partial charge in [-0.25, -0.2) is 4.98 Å². The zero-order valence-electron chi connectivity index (χ0n) is 13.0. The van der Waals surface area contributed by atoms with E-state index in [0.29, 0.717) is 27.5 Å². The van der Waals surface area contributed by atoms with Gasteiger partial charge in [-0.15, -0.1) is 11.3 Å². The van der Waals surface area contributed by atoms with Crippen molar-refractivity contribution < 1.29 is 9.32 Å². The van der Waals surface area contributed by atoms with E-state index in [4.69, 9.17) is 27.7 Å². The molecule has 2 aromatic heterocycles. The fourth-order valence-electron chi connectivity index (χ4n) is 2.43. The summed E-state index contributed by atoms with van der Waals surface area (Å²) in [5, 5.41) is 8.37. The number of rotatable bonds is 5. The van der Waals surface area contributed by atoms with Crippen molar-refractivity contribution >= 4 is 45.6 Å². The van der Waals surface area contributed by atoms with Crippen molar-refractivity contribution in [2.24, 2.45) is 0 Å². The van der Waals surface area contributed by atoms with E-state index < -0.39 is 0 Å². The van der Waals surface area contributed by atoms with Crippen LogP contribution in [0.1, 0.15) is 45.4 Å². The molecule has 3 aromatic rings. The molecule has 0 saturated heterocycles. The quantitative estimate of drug-likeness (QED) is 0.649. The van der Waals surface area contributed by atoms with Gasteiger partial charge in [-0.2, -0.15) is 0 Å². The third-order valence-electron chi connectivity index (χ3n) is 3.89. The van der Waals surface area contributed by atoms with Crippen molar-refractivity contribution in [3.63, 3.8) is 0 Å². The molecule has 1 aromatic carbocycles. The average molecular weight is 394 g/mol. The Kier molecular flexibility index (Phi) is 4.50. The number of nitrogens with one attached hydrogen (secondary N) is 1. The summed E-state index contributed by atoms with van der Waals surface area (Å²) < 4.78 is 5.20. The molecular weight excluding hydrogens is 381 g/mol. The third kappa shape index (κ3) is 3.86. The van der Waals surface area contributed by atoms with E-state index in [2.05, 4.69) is 15.5 Å². The normalized spacial score (nSPS) is 13.8. The maximum absolute atomic E-state index is 12.2. The van der Waals surface area contributed by atoms with Crippen LogP contribution in [-0.2, 0) is 6.42 Å². The number of hydrogen-bond acceptors (Lipinski definition) is 5. The molecule has 5 nitrogen and oxygen atoms in total. The summed E-state index contributed by atoms with van der Waals surface area (Å²) in [6.45, 7) is 0. The molecule has 0 unspecified atom stereocenters. The first-order valence-electron chi connectivity index (χ1n) is 7.75. The standard InChI is InChI=1S/C17H13Cl2N3O2S/c18-11-3-4-13(19)10(5-11)6-12-8-20-17(25-12)21-16(23)14-7-15(24-22-14)9-1-2-9/h3-5,7-9H,1-2,6H2,(H,20,21,23). The number of thiazole rings is 1. The molecule has 1 N–H and O–H groups in total. The molecule has 8 heteroatoms. The molecule has 0 radical (unpaired) electrons. The minimum Gasteiger partial charge on any atom is -0.360 e. The predicted molar refractivity (Wildman–Crippen MR) is 97.8 cm³/mol. The molecule has 1 aliphatic rings. The molecule has 0 atom stereocenters. The van der Waals surface area contributed by atoms with Gasteiger partial charge in [-0.1, -0.05) is 28.4 Å². The molecule has 0 aliphatic heterocycles. The molecule has 0 spiro atoms. The van der Waals surface area contributed by atoms with Gasteiger partial charge < -0.3 is 4.52 Å². The Hall–Kier alpha value is -1.89. The second-order valence-electron chi connectivity index (χ2n) is 5.89. The van der Waals surface area contributed by atoms with Crippen LogP contribution in [0.3, 0.4) is 0 Å². The number of carbonyl (C=O) groups is 1. The van der Waals surface area contributed by atoms with E-state index in [1.807, 2.05) is 6.07 Å². The summed E-state index contributed by atoms with van der Waals surface area (Å²) in [6, 6.07) is 7.05. The van der Waals surface area contributed by atoms with Crippen molar-refractivity contribution in [3.8, 4) is 0 Å². The van der Waals surface area contributed by atoms with Gasteiger partial charge in [0.25, 0.3) is 5.91 Å². The molecule has 0 bridgehead atoms. The third-order valence-corrected chi connectivity index (χ3v) is 5.40. The first kappa shape index (κ1) is 16.6. The Morgan fingerprint density at radius 3 is 2.96 bits per heavy atom. The summed E-state index contributed by atoms with van der Waals surface area (Å²) in [4.78, 5) is 17.4. The summed E-state index contributed by atoms with van der Waals surface area (Å²) >= 11 is 13.6. The Morgan fingerprint density at radius 1 is 1.32 bits per heavy atom. The molecule has 128 valence electrons. The Bertz CT molecular complexity index is 934. The lowest BCUT2D eigenvalue weighted by Crippen LogP contribution is -2.11. The lowest BCUT2D eigenvalue weighted by Gasteiger charge is -2.02. The van der Waals surface area contributed by atoms with Crippen molar-refractivity contribution in [2.45, 2.75) is 25.2 Å². The minimum absolute atomic E-state index is 0.275. The molecule has 1 aliphatic carbocycles. The number of nitrogens with zero attached hydrogens (tertiary/aromatic N) is 2. The van der Waals surface area contributed by atoms with Gasteiger partial charge in [0.1, 0.15) is 5.76 Å². The topological polar surface area (TPSA) is 68.0 Å². The summed E-state index contributed by atoms with van der Waals surface area (Å²) in [5.41, 5.74) is 1.19. The van der Waals surface area contributed by atoms with Crippen molar-refractivity contribution in [1.29, 1.82) is 0 Å². The highest BCUT2D eigenvalue weighted by Crippen LogP contribution is 2.40. The molecule has 1 saturated carbocycles. The summed E-state index contributed by atoms with van der Waals surface area (Å²) in [5.74, 6) is 0.876. The largest absolute Gasteiger partial charge is 0.360 e. The van der Waals surface area contributed by atoms with Crippen molar-refractivity contribution in [2.75, 3.05) is 5.32 Å². The van der Waals surface area contributed by atoms with Gasteiger partial charge in [0.15, 0.2) is 10.8 Å². The van der Waals surface area contributed by atoms with Gasteiger partial charge in [-0.05, 0) is 36.6 Å². The van der Waals surface area contributed by atoms with E-state index in [9.17, 15) is 4.79 Å². The van der Waals surface area contributed by atoms with Crippen LogP contribution in [-0.4, -0.2) is 16.0 Å². The highest BCUT2D eigenvalue weighted by Gasteiger charge is 2.29. The number of anilines is 1. The fraction of sp³-hybridized carbons (Fsp3) is 0.235. The second-order valence-corrected chi connectivity index (χ2v) is 7.85. The van der Waals surface area contributed by atoms with Gasteiger partial charge in [-0.3, -0.25) is 10.1 Å². The van der Waals surface area contributed by atoms with Crippen LogP contribution in [0.5, 0.6) is 0 Å². The maximum atomic E-state index is 12.2. The van der Waals surface area contributed by atoms with Crippen LogP contribution in [0.2, 0.25) is 10.0 Å². The van der Waals surface area contributed by atoms with Crippen LogP contribution in [0.15, 0.2) is 35.0 Å². The Morgan fingerprint density at radius 2 is 2.16 bits per heavy atom. The molecule has 1 amide bonds. The molecule has 4 rings (SSSR count). The highest BCUT2D eigenvalue weighted by atomic mass is 35.5. The number of aromatic nitrogens is 2. The molecule has 2 heterocycles. The fourth-order valence-corrected chi connectivity index (χ4v) is 3.64. The van der Waals surface area contributed by atoms with Gasteiger partial charge in [0, 0.05) is 39.5 Å². The minimum atomic E-state index is -0.322. The second kappa shape index (κ2) is 6.78. The number of carbonyl (C=O) groups excluding carboxylic acids is 1. The van der Waals surface area contributed by atoms with E-state index in [1.54, 1.807) is 24.4 Å². The predicted octanol–water partition coefficient (Wildman–Crippen LogP) is 5.16. The number of amides is 1. The zero-order valence-corrected chi connectivity index (χ0v) is 15.3. The van der Waals surface area contributed by atoms with Crippen LogP contribution in [0.4, 0.5) is 5.13 Å². The van der Waals surface area contributed by atoms with Crippen LogP contribution in [0.25, 0.3) is 0 Å². The summed E-state index contributed by atoms with van der Waals surface area (Å²) in [7, 11) is 0. The van der Waals surface area contributed by atoms with Crippen LogP contribution < -0.4 is 5.32 Å². The van der Waals surface area contributed by atoms with E-state index in [0.717, 1.165) is 29.0 Å². The molecular formula is C17H13Cl2N3O2S. The van der Waals surface area contributed by atoms with Crippen LogP contribution >= 0.6 is 34.5 Å². The highest BCUT2D eigenvalue weighted by molar-refractivity contribution is 7.15. The van der Waals surface area contributed by atoms with Crippen molar-refractivity contribution in [1.82, 2.24) is 10.1 Å². The average Bonchev–Trinajstić information content (AvgIpc) is 3.15. The van der Waals surface area contributed by atoms with Gasteiger partial charge in [0.2, 0.25) is 0 Å². The van der Waals surface area contributed by atoms with E-state index in [1.165, 1.54) is 11.3 Å². The number of hydrogen-bond donors (Lipinski definition) is 1. The Balaban J connectivity index is 1.43. The van der Waals surface area contributed by atoms with Gasteiger partial charge in [0.05, 0.1) is 0 Å². The first-order valence-corrected chi connectivity index (χ1v) is 9.32. The zero-order chi connectivity index (χ0) is 17.4. The van der Waals surface area contributed by atoms with Crippen molar-refractivity contribution in [3.05, 3.63) is 62.4 Å². The SMILES string of the molecule is O=C(Nc1ncc(Cc2cc(Cl)ccc2Cl)s1)c1cc(C2CC2)on1. The van der Waals surface area contributed by atoms with E-state index in [-0.39, 0.29) is 11.6 Å². The first-order chi connectivity index (χ1) is 12.1. The summed E-state index contributed by atoms with van der Waals surface area (Å²) in [6.07, 6.45) is 4.51. The van der Waals surface area contributed by atoms with E-state index >= 15 is 0 Å². The lowest BCUT2D eigenvalue weighted by atomic mass is 10.1. The molecule has 1 fully saturated rings. The maximum Gasteiger partial charge on any atom is 0.279 e. The van der Waals surface area contributed by atoms with Crippen LogP contribution in [0, 0.1) is 0 Å². The van der Waals surface area contributed by atoms with Gasteiger partial charge >= 0.3 is 0 Å². The Labute approximate surface area is 158 Å². The lowest BCUT2D eigenvalue weighted by molar-refractivity contribution is 0.101. The smallest absolute Gasteiger partial charge is 0.279 e. The number of halogens is 2. The molecule has 25 heavy (non-hydrogen) atoms. The number of benzene rings is 1. The monoisotopic (exact) mass is 393 g/mol.